The molecule has 2 amide bonds. The minimum absolute atomic E-state index is 0.0271. The molecule has 1 heterocycles. The number of para-hydroxylation sites is 1. The van der Waals surface area contributed by atoms with Crippen molar-refractivity contribution in [3.8, 4) is 0 Å². The third-order valence-electron chi connectivity index (χ3n) is 5.32. The zero-order valence-electron chi connectivity index (χ0n) is 16.6. The molecule has 1 aromatic rings. The highest BCUT2D eigenvalue weighted by atomic mass is 16.2. The van der Waals surface area contributed by atoms with Crippen LogP contribution in [-0.2, 0) is 9.59 Å². The van der Waals surface area contributed by atoms with Gasteiger partial charge in [0, 0.05) is 37.2 Å². The van der Waals surface area contributed by atoms with Crippen molar-refractivity contribution in [1.29, 1.82) is 0 Å². The highest BCUT2D eigenvalue weighted by molar-refractivity contribution is 5.95. The SMILES string of the molecule is CCNC(=NCC(=O)NC1CCCCC1)NCC1CC(=O)Nc2ccccc21. The minimum Gasteiger partial charge on any atom is -0.357 e. The van der Waals surface area contributed by atoms with Gasteiger partial charge in [0.2, 0.25) is 11.8 Å². The van der Waals surface area contributed by atoms with Gasteiger partial charge in [-0.05, 0) is 31.4 Å². The van der Waals surface area contributed by atoms with Crippen molar-refractivity contribution < 1.29 is 9.59 Å². The van der Waals surface area contributed by atoms with Crippen LogP contribution in [0.1, 0.15) is 56.9 Å². The Balaban J connectivity index is 1.54. The number of carbonyl (C=O) groups excluding carboxylic acids is 2. The van der Waals surface area contributed by atoms with Gasteiger partial charge >= 0.3 is 0 Å². The molecule has 1 unspecified atom stereocenters. The first kappa shape index (κ1) is 20.2. The van der Waals surface area contributed by atoms with Crippen molar-refractivity contribution in [2.24, 2.45) is 4.99 Å². The molecule has 3 rings (SSSR count). The molecule has 7 heteroatoms. The average Bonchev–Trinajstić information content (AvgIpc) is 2.70. The summed E-state index contributed by atoms with van der Waals surface area (Å²) >= 11 is 0. The predicted octanol–water partition coefficient (Wildman–Crippen LogP) is 2.12. The Bertz CT molecular complexity index is 713. The standard InChI is InChI=1S/C21H31N5O2/c1-2-22-21(24-14-20(28)25-16-8-4-3-5-9-16)23-13-15-12-19(27)26-18-11-7-6-10-17(15)18/h6-7,10-11,15-16H,2-5,8-9,12-14H2,1H3,(H,25,28)(H,26,27)(H2,22,23,24). The van der Waals surface area contributed by atoms with Gasteiger partial charge in [-0.15, -0.1) is 0 Å². The van der Waals surface area contributed by atoms with E-state index in [2.05, 4.69) is 26.3 Å². The third-order valence-corrected chi connectivity index (χ3v) is 5.32. The van der Waals surface area contributed by atoms with Gasteiger partial charge in [-0.2, -0.15) is 0 Å². The van der Waals surface area contributed by atoms with Crippen LogP contribution in [0.15, 0.2) is 29.3 Å². The number of nitrogens with one attached hydrogen (secondary N) is 4. The van der Waals surface area contributed by atoms with Gasteiger partial charge in [0.05, 0.1) is 0 Å². The van der Waals surface area contributed by atoms with Gasteiger partial charge in [-0.25, -0.2) is 4.99 Å². The largest absolute Gasteiger partial charge is 0.357 e. The lowest BCUT2D eigenvalue weighted by Crippen LogP contribution is -2.42. The Labute approximate surface area is 166 Å². The van der Waals surface area contributed by atoms with E-state index in [9.17, 15) is 9.59 Å². The number of anilines is 1. The molecular weight excluding hydrogens is 354 g/mol. The highest BCUT2D eigenvalue weighted by Crippen LogP contribution is 2.31. The van der Waals surface area contributed by atoms with E-state index < -0.39 is 0 Å². The van der Waals surface area contributed by atoms with Crippen molar-refractivity contribution in [3.63, 3.8) is 0 Å². The summed E-state index contributed by atoms with van der Waals surface area (Å²) in [6.07, 6.45) is 6.21. The fourth-order valence-corrected chi connectivity index (χ4v) is 3.92. The maximum absolute atomic E-state index is 12.2. The number of carbonyl (C=O) groups is 2. The number of amides is 2. The summed E-state index contributed by atoms with van der Waals surface area (Å²) in [5, 5.41) is 12.5. The van der Waals surface area contributed by atoms with Crippen LogP contribution in [0, 0.1) is 0 Å². The topological polar surface area (TPSA) is 94.6 Å². The van der Waals surface area contributed by atoms with Crippen LogP contribution >= 0.6 is 0 Å². The monoisotopic (exact) mass is 385 g/mol. The maximum Gasteiger partial charge on any atom is 0.242 e. The molecule has 0 radical (unpaired) electrons. The van der Waals surface area contributed by atoms with Crippen molar-refractivity contribution in [2.75, 3.05) is 25.0 Å². The molecular formula is C21H31N5O2. The molecule has 0 spiro atoms. The molecule has 1 atom stereocenters. The van der Waals surface area contributed by atoms with Gasteiger partial charge in [-0.1, -0.05) is 37.5 Å². The smallest absolute Gasteiger partial charge is 0.242 e. The first-order chi connectivity index (χ1) is 13.7. The second-order valence-electron chi connectivity index (χ2n) is 7.51. The normalized spacial score (nSPS) is 20.1. The number of nitrogens with zero attached hydrogens (tertiary/aromatic N) is 1. The van der Waals surface area contributed by atoms with E-state index in [1.165, 1.54) is 19.3 Å². The lowest BCUT2D eigenvalue weighted by Gasteiger charge is -2.26. The first-order valence-corrected chi connectivity index (χ1v) is 10.4. The van der Waals surface area contributed by atoms with E-state index in [1.54, 1.807) is 0 Å². The van der Waals surface area contributed by atoms with Crippen LogP contribution < -0.4 is 21.3 Å². The van der Waals surface area contributed by atoms with Crippen molar-refractivity contribution >= 4 is 23.5 Å². The summed E-state index contributed by atoms with van der Waals surface area (Å²) < 4.78 is 0. The summed E-state index contributed by atoms with van der Waals surface area (Å²) in [6, 6.07) is 8.17. The summed E-state index contributed by atoms with van der Waals surface area (Å²) in [7, 11) is 0. The molecule has 1 aromatic carbocycles. The van der Waals surface area contributed by atoms with Crippen LogP contribution in [0.2, 0.25) is 0 Å². The fraction of sp³-hybridized carbons (Fsp3) is 0.571. The predicted molar refractivity (Wildman–Crippen MR) is 111 cm³/mol. The summed E-state index contributed by atoms with van der Waals surface area (Å²) in [5.41, 5.74) is 2.00. The molecule has 0 aromatic heterocycles. The van der Waals surface area contributed by atoms with E-state index >= 15 is 0 Å². The van der Waals surface area contributed by atoms with Crippen molar-refractivity contribution in [3.05, 3.63) is 29.8 Å². The van der Waals surface area contributed by atoms with E-state index in [0.717, 1.165) is 24.1 Å². The molecule has 1 saturated carbocycles. The second-order valence-corrected chi connectivity index (χ2v) is 7.51. The number of hydrogen-bond donors (Lipinski definition) is 4. The lowest BCUT2D eigenvalue weighted by atomic mass is 9.90. The summed E-state index contributed by atoms with van der Waals surface area (Å²) in [4.78, 5) is 28.6. The number of aliphatic imine (C=N–C) groups is 1. The van der Waals surface area contributed by atoms with Crippen LogP contribution in [0.25, 0.3) is 0 Å². The van der Waals surface area contributed by atoms with Gasteiger partial charge in [0.15, 0.2) is 5.96 Å². The molecule has 0 saturated heterocycles. The molecule has 0 bridgehead atoms. The number of rotatable bonds is 6. The first-order valence-electron chi connectivity index (χ1n) is 10.4. The number of guanidine groups is 1. The van der Waals surface area contributed by atoms with Gasteiger partial charge < -0.3 is 21.3 Å². The Morgan fingerprint density at radius 3 is 2.75 bits per heavy atom. The molecule has 1 aliphatic carbocycles. The molecule has 7 nitrogen and oxygen atoms in total. The Kier molecular flexibility index (Phi) is 7.28. The van der Waals surface area contributed by atoms with E-state index in [4.69, 9.17) is 0 Å². The summed E-state index contributed by atoms with van der Waals surface area (Å²) in [5.74, 6) is 0.667. The number of benzene rings is 1. The minimum atomic E-state index is -0.0357. The molecule has 1 fully saturated rings. The molecule has 28 heavy (non-hydrogen) atoms. The zero-order chi connectivity index (χ0) is 19.8. The van der Waals surface area contributed by atoms with Crippen LogP contribution in [0.3, 0.4) is 0 Å². The third kappa shape index (κ3) is 5.71. The van der Waals surface area contributed by atoms with Crippen LogP contribution in [-0.4, -0.2) is 43.5 Å². The fourth-order valence-electron chi connectivity index (χ4n) is 3.92. The molecule has 152 valence electrons. The lowest BCUT2D eigenvalue weighted by molar-refractivity contribution is -0.120. The molecule has 1 aliphatic heterocycles. The number of fused-ring (bicyclic) bond motifs is 1. The average molecular weight is 386 g/mol. The summed E-state index contributed by atoms with van der Waals surface area (Å²) in [6.45, 7) is 3.38. The number of hydrogen-bond acceptors (Lipinski definition) is 3. The Morgan fingerprint density at radius 1 is 1.18 bits per heavy atom. The van der Waals surface area contributed by atoms with Gasteiger partial charge in [0.25, 0.3) is 0 Å². The quantitative estimate of drug-likeness (QED) is 0.446. The van der Waals surface area contributed by atoms with Crippen LogP contribution in [0.5, 0.6) is 0 Å². The van der Waals surface area contributed by atoms with E-state index in [1.807, 2.05) is 31.2 Å². The zero-order valence-corrected chi connectivity index (χ0v) is 16.6. The van der Waals surface area contributed by atoms with E-state index in [0.29, 0.717) is 31.5 Å². The van der Waals surface area contributed by atoms with E-state index in [-0.39, 0.29) is 24.3 Å². The van der Waals surface area contributed by atoms with Gasteiger partial charge in [-0.3, -0.25) is 9.59 Å². The maximum atomic E-state index is 12.2. The Morgan fingerprint density at radius 2 is 1.96 bits per heavy atom. The molecule has 2 aliphatic rings. The van der Waals surface area contributed by atoms with Gasteiger partial charge in [0.1, 0.15) is 6.54 Å². The molecule has 4 N–H and O–H groups in total. The van der Waals surface area contributed by atoms with Crippen molar-refractivity contribution in [1.82, 2.24) is 16.0 Å². The second kappa shape index (κ2) is 10.1. The Hall–Kier alpha value is -2.57. The van der Waals surface area contributed by atoms with Crippen molar-refractivity contribution in [2.45, 2.75) is 57.4 Å². The highest BCUT2D eigenvalue weighted by Gasteiger charge is 2.24. The van der Waals surface area contributed by atoms with Crippen LogP contribution in [0.4, 0.5) is 5.69 Å².